The van der Waals surface area contributed by atoms with Crippen LogP contribution in [-0.2, 0) is 4.74 Å². The van der Waals surface area contributed by atoms with Crippen molar-refractivity contribution in [1.29, 1.82) is 0 Å². The maximum Gasteiger partial charge on any atom is 0.341 e. The fourth-order valence-electron chi connectivity index (χ4n) is 1.59. The maximum atomic E-state index is 11.5. The largest absolute Gasteiger partial charge is 0.462 e. The molecule has 0 aliphatic carbocycles. The second kappa shape index (κ2) is 5.62. The summed E-state index contributed by atoms with van der Waals surface area (Å²) in [5.41, 5.74) is 1.10. The number of rotatable bonds is 4. The average Bonchev–Trinajstić information content (AvgIpc) is 2.89. The predicted molar refractivity (Wildman–Crippen MR) is 67.9 cm³/mol. The third-order valence-corrected chi connectivity index (χ3v) is 2.58. The molecule has 0 bridgehead atoms. The van der Waals surface area contributed by atoms with Crippen LogP contribution in [0, 0.1) is 0 Å². The first-order valence-electron chi connectivity index (χ1n) is 5.98. The summed E-state index contributed by atoms with van der Waals surface area (Å²) >= 11 is 0. The van der Waals surface area contributed by atoms with E-state index >= 15 is 0 Å². The molecule has 0 aromatic carbocycles. The number of ether oxygens (including phenoxy) is 1. The second-order valence-electron chi connectivity index (χ2n) is 4.02. The third kappa shape index (κ3) is 2.97. The number of nitrogens with zero attached hydrogens (tertiary/aromatic N) is 3. The molecule has 2 rings (SSSR count). The Balaban J connectivity index is 2.27. The van der Waals surface area contributed by atoms with Gasteiger partial charge in [0.15, 0.2) is 5.82 Å². The predicted octanol–water partition coefficient (Wildman–Crippen LogP) is 1.50. The van der Waals surface area contributed by atoms with Crippen LogP contribution >= 0.6 is 0 Å². The first-order chi connectivity index (χ1) is 9.11. The van der Waals surface area contributed by atoms with Gasteiger partial charge in [0.05, 0.1) is 24.5 Å². The molecular formula is C13H15N3O3. The Morgan fingerprint density at radius 1 is 1.58 bits per heavy atom. The van der Waals surface area contributed by atoms with Crippen molar-refractivity contribution in [2.24, 2.45) is 0 Å². The van der Waals surface area contributed by atoms with E-state index < -0.39 is 12.1 Å². The van der Waals surface area contributed by atoms with Gasteiger partial charge >= 0.3 is 5.97 Å². The normalized spacial score (nSPS) is 12.2. The summed E-state index contributed by atoms with van der Waals surface area (Å²) in [7, 11) is 0. The molecule has 6 heteroatoms. The number of aromatic nitrogens is 3. The minimum Gasteiger partial charge on any atom is -0.462 e. The Bertz CT molecular complexity index is 578. The van der Waals surface area contributed by atoms with E-state index in [0.29, 0.717) is 18.0 Å². The van der Waals surface area contributed by atoms with Gasteiger partial charge in [0.2, 0.25) is 0 Å². The first-order valence-corrected chi connectivity index (χ1v) is 5.98. The molecule has 6 nitrogen and oxygen atoms in total. The van der Waals surface area contributed by atoms with Gasteiger partial charge in [0.25, 0.3) is 0 Å². The highest BCUT2D eigenvalue weighted by molar-refractivity contribution is 5.88. The maximum absolute atomic E-state index is 11.5. The van der Waals surface area contributed by atoms with Gasteiger partial charge in [-0.1, -0.05) is 0 Å². The summed E-state index contributed by atoms with van der Waals surface area (Å²) in [6.07, 6.45) is 3.98. The SMILES string of the molecule is CCOC(=O)c1cnn(-c2cc([C@H](C)O)ccn2)c1. The van der Waals surface area contributed by atoms with Crippen LogP contribution in [0.2, 0.25) is 0 Å². The van der Waals surface area contributed by atoms with Gasteiger partial charge in [0, 0.05) is 12.4 Å². The zero-order valence-corrected chi connectivity index (χ0v) is 10.8. The molecule has 0 aliphatic heterocycles. The molecule has 1 N–H and O–H groups in total. The lowest BCUT2D eigenvalue weighted by atomic mass is 10.2. The number of aliphatic hydroxyl groups is 1. The van der Waals surface area contributed by atoms with Crippen LogP contribution in [-0.4, -0.2) is 32.4 Å². The van der Waals surface area contributed by atoms with Gasteiger partial charge in [-0.05, 0) is 31.5 Å². The zero-order chi connectivity index (χ0) is 13.8. The number of aliphatic hydroxyl groups excluding tert-OH is 1. The van der Waals surface area contributed by atoms with Crippen molar-refractivity contribution in [2.75, 3.05) is 6.61 Å². The molecule has 0 unspecified atom stereocenters. The van der Waals surface area contributed by atoms with Crippen molar-refractivity contribution in [3.63, 3.8) is 0 Å². The number of pyridine rings is 1. The summed E-state index contributed by atoms with van der Waals surface area (Å²) in [5, 5.41) is 13.6. The Hall–Kier alpha value is -2.21. The van der Waals surface area contributed by atoms with Gasteiger partial charge in [-0.3, -0.25) is 0 Å². The van der Waals surface area contributed by atoms with Crippen molar-refractivity contribution in [3.8, 4) is 5.82 Å². The Morgan fingerprint density at radius 2 is 2.37 bits per heavy atom. The molecule has 0 spiro atoms. The van der Waals surface area contributed by atoms with Crippen LogP contribution < -0.4 is 0 Å². The molecule has 0 fully saturated rings. The second-order valence-corrected chi connectivity index (χ2v) is 4.02. The molecular weight excluding hydrogens is 246 g/mol. The molecule has 100 valence electrons. The van der Waals surface area contributed by atoms with Gasteiger partial charge < -0.3 is 9.84 Å². The number of carbonyl (C=O) groups is 1. The van der Waals surface area contributed by atoms with Gasteiger partial charge in [0.1, 0.15) is 0 Å². The topological polar surface area (TPSA) is 77.2 Å². The summed E-state index contributed by atoms with van der Waals surface area (Å²) in [6.45, 7) is 3.74. The lowest BCUT2D eigenvalue weighted by Gasteiger charge is -2.06. The van der Waals surface area contributed by atoms with Crippen molar-refractivity contribution >= 4 is 5.97 Å². The van der Waals surface area contributed by atoms with Gasteiger partial charge in [-0.25, -0.2) is 14.5 Å². The molecule has 0 amide bonds. The highest BCUT2D eigenvalue weighted by Crippen LogP contribution is 2.14. The fraction of sp³-hybridized carbons (Fsp3) is 0.308. The standard InChI is InChI=1S/C13H15N3O3/c1-3-19-13(18)11-7-15-16(8-11)12-6-10(9(2)17)4-5-14-12/h4-9,17H,3H2,1-2H3/t9-/m0/s1. The highest BCUT2D eigenvalue weighted by atomic mass is 16.5. The Labute approximate surface area is 110 Å². The molecule has 0 saturated carbocycles. The van der Waals surface area contributed by atoms with Gasteiger partial charge in [-0.2, -0.15) is 5.10 Å². The molecule has 2 heterocycles. The van der Waals surface area contributed by atoms with Crippen molar-refractivity contribution in [2.45, 2.75) is 20.0 Å². The van der Waals surface area contributed by atoms with Crippen LogP contribution in [0.25, 0.3) is 5.82 Å². The van der Waals surface area contributed by atoms with Crippen LogP contribution in [0.15, 0.2) is 30.7 Å². The average molecular weight is 261 g/mol. The zero-order valence-electron chi connectivity index (χ0n) is 10.8. The quantitative estimate of drug-likeness (QED) is 0.844. The van der Waals surface area contributed by atoms with E-state index in [4.69, 9.17) is 4.74 Å². The van der Waals surface area contributed by atoms with Crippen molar-refractivity contribution in [1.82, 2.24) is 14.8 Å². The minimum atomic E-state index is -0.582. The van der Waals surface area contributed by atoms with E-state index in [9.17, 15) is 9.90 Å². The first kappa shape index (κ1) is 13.2. The van der Waals surface area contributed by atoms with Crippen molar-refractivity contribution < 1.29 is 14.6 Å². The van der Waals surface area contributed by atoms with Crippen LogP contribution in [0.5, 0.6) is 0 Å². The van der Waals surface area contributed by atoms with E-state index in [1.54, 1.807) is 38.4 Å². The molecule has 0 aliphatic rings. The summed E-state index contributed by atoms with van der Waals surface area (Å²) in [5.74, 6) is 0.120. The molecule has 0 saturated heterocycles. The number of hydrogen-bond acceptors (Lipinski definition) is 5. The number of carbonyl (C=O) groups excluding carboxylic acids is 1. The number of hydrogen-bond donors (Lipinski definition) is 1. The van der Waals surface area contributed by atoms with E-state index in [1.807, 2.05) is 0 Å². The third-order valence-electron chi connectivity index (χ3n) is 2.58. The highest BCUT2D eigenvalue weighted by Gasteiger charge is 2.11. The van der Waals surface area contributed by atoms with Crippen LogP contribution in [0.1, 0.15) is 35.9 Å². The Morgan fingerprint density at radius 3 is 3.05 bits per heavy atom. The van der Waals surface area contributed by atoms with E-state index in [2.05, 4.69) is 10.1 Å². The molecule has 1 atom stereocenters. The van der Waals surface area contributed by atoms with Crippen LogP contribution in [0.4, 0.5) is 0 Å². The Kier molecular flexibility index (Phi) is 3.91. The smallest absolute Gasteiger partial charge is 0.341 e. The summed E-state index contributed by atoms with van der Waals surface area (Å²) in [4.78, 5) is 15.7. The number of esters is 1. The minimum absolute atomic E-state index is 0.319. The molecule has 2 aromatic heterocycles. The van der Waals surface area contributed by atoms with Crippen LogP contribution in [0.3, 0.4) is 0 Å². The lowest BCUT2D eigenvalue weighted by Crippen LogP contribution is -2.04. The molecule has 0 radical (unpaired) electrons. The van der Waals surface area contributed by atoms with Gasteiger partial charge in [-0.15, -0.1) is 0 Å². The van der Waals surface area contributed by atoms with E-state index in [0.717, 1.165) is 5.56 Å². The monoisotopic (exact) mass is 261 g/mol. The molecule has 2 aromatic rings. The lowest BCUT2D eigenvalue weighted by molar-refractivity contribution is 0.0526. The summed E-state index contributed by atoms with van der Waals surface area (Å²) in [6, 6.07) is 3.44. The summed E-state index contributed by atoms with van der Waals surface area (Å²) < 4.78 is 6.36. The van der Waals surface area contributed by atoms with E-state index in [1.165, 1.54) is 10.9 Å². The fourth-order valence-corrected chi connectivity index (χ4v) is 1.59. The molecule has 19 heavy (non-hydrogen) atoms. The van der Waals surface area contributed by atoms with E-state index in [-0.39, 0.29) is 0 Å². The van der Waals surface area contributed by atoms with Crippen molar-refractivity contribution in [3.05, 3.63) is 41.9 Å².